The van der Waals surface area contributed by atoms with Crippen LogP contribution in [0.2, 0.25) is 10.0 Å². The zero-order chi connectivity index (χ0) is 15.6. The maximum absolute atomic E-state index is 12.2. The number of non-ortho nitro benzene ring substituents is 1. The van der Waals surface area contributed by atoms with Crippen molar-refractivity contribution < 1.29 is 14.5 Å². The monoisotopic (exact) mass is 331 g/mol. The predicted molar refractivity (Wildman–Crippen MR) is 80.0 cm³/mol. The van der Waals surface area contributed by atoms with Crippen molar-refractivity contribution in [2.24, 2.45) is 5.92 Å². The molecule has 2 rings (SSSR count). The second-order valence-corrected chi connectivity index (χ2v) is 6.13. The number of halogens is 2. The van der Waals surface area contributed by atoms with Gasteiger partial charge in [-0.3, -0.25) is 10.1 Å². The van der Waals surface area contributed by atoms with Crippen LogP contribution in [0.3, 0.4) is 0 Å². The lowest BCUT2D eigenvalue weighted by Crippen LogP contribution is -2.24. The summed E-state index contributed by atoms with van der Waals surface area (Å²) >= 11 is 11.8. The Balaban J connectivity index is 2.20. The van der Waals surface area contributed by atoms with Crippen LogP contribution in [0, 0.1) is 16.0 Å². The molecule has 0 spiro atoms. The fraction of sp³-hybridized carbons (Fsp3) is 0.500. The smallest absolute Gasteiger partial charge is 0.340 e. The number of rotatable bonds is 3. The zero-order valence-corrected chi connectivity index (χ0v) is 13.0. The third-order valence-corrected chi connectivity index (χ3v) is 4.41. The molecule has 1 aromatic rings. The third-order valence-electron chi connectivity index (χ3n) is 3.61. The molecule has 0 N–H and O–H groups in total. The van der Waals surface area contributed by atoms with E-state index in [2.05, 4.69) is 6.92 Å². The first-order valence-corrected chi connectivity index (χ1v) is 7.48. The van der Waals surface area contributed by atoms with Gasteiger partial charge < -0.3 is 4.74 Å². The molecule has 1 aliphatic carbocycles. The van der Waals surface area contributed by atoms with E-state index in [-0.39, 0.29) is 27.4 Å². The van der Waals surface area contributed by atoms with Crippen molar-refractivity contribution in [2.75, 3.05) is 0 Å². The highest BCUT2D eigenvalue weighted by molar-refractivity contribution is 6.43. The Labute approximate surface area is 132 Å². The molecule has 0 aromatic heterocycles. The summed E-state index contributed by atoms with van der Waals surface area (Å²) in [7, 11) is 0. The summed E-state index contributed by atoms with van der Waals surface area (Å²) in [6.07, 6.45) is 3.55. The van der Waals surface area contributed by atoms with Gasteiger partial charge in [-0.1, -0.05) is 36.5 Å². The lowest BCUT2D eigenvalue weighted by Gasteiger charge is -2.26. The van der Waals surface area contributed by atoms with E-state index in [4.69, 9.17) is 27.9 Å². The quantitative estimate of drug-likeness (QED) is 0.459. The molecule has 1 aliphatic rings. The molecule has 5 nitrogen and oxygen atoms in total. The van der Waals surface area contributed by atoms with Crippen LogP contribution in [-0.4, -0.2) is 17.0 Å². The number of nitrogens with zero attached hydrogens (tertiary/aromatic N) is 1. The van der Waals surface area contributed by atoms with Gasteiger partial charge in [0.25, 0.3) is 5.69 Å². The van der Waals surface area contributed by atoms with Gasteiger partial charge in [-0.2, -0.15) is 0 Å². The molecule has 21 heavy (non-hydrogen) atoms. The zero-order valence-electron chi connectivity index (χ0n) is 11.5. The van der Waals surface area contributed by atoms with Crippen LogP contribution in [0.15, 0.2) is 12.1 Å². The van der Waals surface area contributed by atoms with Crippen LogP contribution in [0.5, 0.6) is 0 Å². The molecular weight excluding hydrogens is 317 g/mol. The Morgan fingerprint density at radius 2 is 2.10 bits per heavy atom. The first kappa shape index (κ1) is 16.0. The number of hydrogen-bond acceptors (Lipinski definition) is 4. The number of nitro benzene ring substituents is 1. The Hall–Kier alpha value is -1.33. The highest BCUT2D eigenvalue weighted by atomic mass is 35.5. The van der Waals surface area contributed by atoms with Crippen LogP contribution in [0.1, 0.15) is 43.0 Å². The van der Waals surface area contributed by atoms with E-state index in [1.807, 2.05) is 0 Å². The minimum atomic E-state index is -0.662. The van der Waals surface area contributed by atoms with E-state index in [0.717, 1.165) is 37.8 Å². The van der Waals surface area contributed by atoms with Crippen molar-refractivity contribution in [1.82, 2.24) is 0 Å². The molecule has 0 radical (unpaired) electrons. The van der Waals surface area contributed by atoms with Crippen LogP contribution in [-0.2, 0) is 4.74 Å². The Morgan fingerprint density at radius 3 is 2.71 bits per heavy atom. The molecule has 2 atom stereocenters. The van der Waals surface area contributed by atoms with Crippen LogP contribution in [0.25, 0.3) is 0 Å². The molecule has 0 bridgehead atoms. The van der Waals surface area contributed by atoms with Gasteiger partial charge in [0, 0.05) is 12.1 Å². The fourth-order valence-corrected chi connectivity index (χ4v) is 2.93. The van der Waals surface area contributed by atoms with Crippen LogP contribution < -0.4 is 0 Å². The largest absolute Gasteiger partial charge is 0.459 e. The van der Waals surface area contributed by atoms with Gasteiger partial charge >= 0.3 is 5.97 Å². The minimum absolute atomic E-state index is 0.0175. The van der Waals surface area contributed by atoms with Gasteiger partial charge in [0.2, 0.25) is 0 Å². The molecule has 1 aromatic carbocycles. The minimum Gasteiger partial charge on any atom is -0.459 e. The first-order chi connectivity index (χ1) is 9.88. The van der Waals surface area contributed by atoms with E-state index in [9.17, 15) is 14.9 Å². The number of benzene rings is 1. The number of hydrogen-bond donors (Lipinski definition) is 0. The number of carbonyl (C=O) groups excluding carboxylic acids is 1. The van der Waals surface area contributed by atoms with E-state index >= 15 is 0 Å². The topological polar surface area (TPSA) is 69.4 Å². The van der Waals surface area contributed by atoms with E-state index in [1.165, 1.54) is 0 Å². The SMILES string of the molecule is CC1CCCC(OC(=O)c2cc([N+](=O)[O-])cc(Cl)c2Cl)C1. The van der Waals surface area contributed by atoms with Crippen LogP contribution >= 0.6 is 23.2 Å². The van der Waals surface area contributed by atoms with E-state index in [1.54, 1.807) is 0 Å². The number of carbonyl (C=O) groups is 1. The molecule has 0 saturated heterocycles. The normalized spacial score (nSPS) is 21.9. The molecule has 0 aliphatic heterocycles. The van der Waals surface area contributed by atoms with Gasteiger partial charge in [-0.15, -0.1) is 0 Å². The molecule has 2 unspecified atom stereocenters. The summed E-state index contributed by atoms with van der Waals surface area (Å²) in [5, 5.41) is 10.8. The average Bonchev–Trinajstić information content (AvgIpc) is 2.41. The summed E-state index contributed by atoms with van der Waals surface area (Å²) in [4.78, 5) is 22.4. The molecular formula is C14H15Cl2NO4. The molecule has 0 heterocycles. The second-order valence-electron chi connectivity index (χ2n) is 5.35. The molecule has 114 valence electrons. The van der Waals surface area contributed by atoms with Gasteiger partial charge in [0.05, 0.1) is 20.5 Å². The summed E-state index contributed by atoms with van der Waals surface area (Å²) < 4.78 is 5.41. The van der Waals surface area contributed by atoms with E-state index < -0.39 is 10.9 Å². The molecule has 1 saturated carbocycles. The standard InChI is InChI=1S/C14H15Cl2NO4/c1-8-3-2-4-10(5-8)21-14(18)11-6-9(17(19)20)7-12(15)13(11)16/h6-8,10H,2-5H2,1H3. The van der Waals surface area contributed by atoms with Crippen molar-refractivity contribution in [1.29, 1.82) is 0 Å². The summed E-state index contributed by atoms with van der Waals surface area (Å²) in [5.74, 6) is -0.162. The summed E-state index contributed by atoms with van der Waals surface area (Å²) in [5.41, 5.74) is -0.345. The van der Waals surface area contributed by atoms with Gasteiger partial charge in [0.1, 0.15) is 6.10 Å². The molecule has 0 amide bonds. The van der Waals surface area contributed by atoms with E-state index in [0.29, 0.717) is 5.92 Å². The maximum atomic E-state index is 12.2. The average molecular weight is 332 g/mol. The summed E-state index contributed by atoms with van der Waals surface area (Å²) in [6, 6.07) is 2.21. The lowest BCUT2D eigenvalue weighted by molar-refractivity contribution is -0.384. The third kappa shape index (κ3) is 3.86. The first-order valence-electron chi connectivity index (χ1n) is 6.73. The lowest BCUT2D eigenvalue weighted by atomic mass is 9.89. The summed E-state index contributed by atoms with van der Waals surface area (Å²) in [6.45, 7) is 2.11. The van der Waals surface area contributed by atoms with Gasteiger partial charge in [-0.25, -0.2) is 4.79 Å². The number of esters is 1. The van der Waals surface area contributed by atoms with Gasteiger partial charge in [0.15, 0.2) is 0 Å². The molecule has 7 heteroatoms. The number of nitro groups is 1. The highest BCUT2D eigenvalue weighted by Crippen LogP contribution is 2.33. The number of ether oxygens (including phenoxy) is 1. The van der Waals surface area contributed by atoms with Crippen molar-refractivity contribution in [3.05, 3.63) is 37.9 Å². The fourth-order valence-electron chi connectivity index (χ4n) is 2.53. The van der Waals surface area contributed by atoms with Crippen molar-refractivity contribution in [3.63, 3.8) is 0 Å². The van der Waals surface area contributed by atoms with Crippen molar-refractivity contribution in [3.8, 4) is 0 Å². The highest BCUT2D eigenvalue weighted by Gasteiger charge is 2.26. The van der Waals surface area contributed by atoms with Crippen LogP contribution in [0.4, 0.5) is 5.69 Å². The predicted octanol–water partition coefficient (Wildman–Crippen LogP) is 4.64. The maximum Gasteiger partial charge on any atom is 0.340 e. The Bertz CT molecular complexity index is 576. The Kier molecular flexibility index (Phi) is 5.06. The Morgan fingerprint density at radius 1 is 1.38 bits per heavy atom. The second kappa shape index (κ2) is 6.62. The van der Waals surface area contributed by atoms with Crippen molar-refractivity contribution in [2.45, 2.75) is 38.7 Å². The van der Waals surface area contributed by atoms with Crippen molar-refractivity contribution >= 4 is 34.9 Å². The van der Waals surface area contributed by atoms with Gasteiger partial charge in [-0.05, 0) is 25.2 Å². The molecule has 1 fully saturated rings.